The number of benzene rings is 2. The van der Waals surface area contributed by atoms with E-state index in [4.69, 9.17) is 4.74 Å². The first kappa shape index (κ1) is 22.6. The molecule has 2 aromatic carbocycles. The molecule has 2 aromatic rings. The van der Waals surface area contributed by atoms with E-state index >= 15 is 0 Å². The number of likely N-dealkylation sites (tertiary alicyclic amines) is 1. The molecule has 1 spiro atoms. The van der Waals surface area contributed by atoms with Crippen LogP contribution in [0.15, 0.2) is 36.4 Å². The number of nitrogens with zero attached hydrogens (tertiary/aromatic N) is 2. The van der Waals surface area contributed by atoms with Crippen LogP contribution in [0.2, 0.25) is 0 Å². The topological polar surface area (TPSA) is 73.9 Å². The predicted octanol–water partition coefficient (Wildman–Crippen LogP) is 3.54. The normalized spacial score (nSPS) is 19.4. The summed E-state index contributed by atoms with van der Waals surface area (Å²) in [5.41, 5.74) is 1.97. The van der Waals surface area contributed by atoms with Crippen molar-refractivity contribution in [2.45, 2.75) is 37.5 Å². The molecular weight excluding hydrogens is 442 g/mol. The van der Waals surface area contributed by atoms with E-state index < -0.39 is 11.4 Å². The Balaban J connectivity index is 1.16. The van der Waals surface area contributed by atoms with Gasteiger partial charge >= 0.3 is 6.03 Å². The summed E-state index contributed by atoms with van der Waals surface area (Å²) in [4.78, 5) is 29.0. The van der Waals surface area contributed by atoms with E-state index in [9.17, 15) is 18.4 Å². The van der Waals surface area contributed by atoms with Gasteiger partial charge in [0.25, 0.3) is 0 Å². The van der Waals surface area contributed by atoms with Gasteiger partial charge in [-0.25, -0.2) is 13.6 Å². The highest BCUT2D eigenvalue weighted by atomic mass is 19.1. The van der Waals surface area contributed by atoms with E-state index in [-0.39, 0.29) is 30.2 Å². The highest BCUT2D eigenvalue weighted by Crippen LogP contribution is 2.37. The number of carbonyl (C=O) groups excluding carboxylic acids is 2. The quantitative estimate of drug-likeness (QED) is 0.715. The van der Waals surface area contributed by atoms with Crippen LogP contribution in [-0.4, -0.2) is 61.6 Å². The minimum absolute atomic E-state index is 0.0720. The highest BCUT2D eigenvalue weighted by molar-refractivity contribution is 6.04. The number of Topliss-reactive ketones (excluding diaryl/α,β-unsaturated/α-hetero) is 1. The van der Waals surface area contributed by atoms with Gasteiger partial charge in [-0.1, -0.05) is 6.07 Å². The van der Waals surface area contributed by atoms with Crippen LogP contribution in [0.5, 0.6) is 0 Å². The standard InChI is InChI=1S/C25H28F2N4O3/c1-34-18-14-31(15-18)22-10-16(2-4-20(22)27)13-28-24(33)30-8-6-25(7-9-30)12-23(32)19-11-17(26)3-5-21(19)29-25/h2-5,10-11,18,29H,6-9,12-15H2,1H3,(H,28,33). The van der Waals surface area contributed by atoms with Gasteiger partial charge in [-0.05, 0) is 48.7 Å². The Bertz CT molecular complexity index is 1110. The average molecular weight is 471 g/mol. The molecule has 2 saturated heterocycles. The summed E-state index contributed by atoms with van der Waals surface area (Å²) in [6.45, 7) is 2.60. The molecule has 0 radical (unpaired) electrons. The number of ketones is 1. The Morgan fingerprint density at radius 3 is 2.68 bits per heavy atom. The number of urea groups is 1. The maximum Gasteiger partial charge on any atom is 0.317 e. The lowest BCUT2D eigenvalue weighted by atomic mass is 9.78. The number of carbonyl (C=O) groups is 2. The summed E-state index contributed by atoms with van der Waals surface area (Å²) in [5, 5.41) is 6.36. The molecule has 34 heavy (non-hydrogen) atoms. The van der Waals surface area contributed by atoms with E-state index in [0.29, 0.717) is 62.5 Å². The van der Waals surface area contributed by atoms with Crippen molar-refractivity contribution in [3.63, 3.8) is 0 Å². The second-order valence-corrected chi connectivity index (χ2v) is 9.39. The van der Waals surface area contributed by atoms with Crippen LogP contribution >= 0.6 is 0 Å². The van der Waals surface area contributed by atoms with E-state index in [1.807, 2.05) is 4.90 Å². The lowest BCUT2D eigenvalue weighted by Crippen LogP contribution is -2.55. The smallest absolute Gasteiger partial charge is 0.317 e. The van der Waals surface area contributed by atoms with E-state index in [0.717, 1.165) is 5.56 Å². The van der Waals surface area contributed by atoms with Crippen LogP contribution in [0.1, 0.15) is 35.2 Å². The van der Waals surface area contributed by atoms with Crippen molar-refractivity contribution >= 4 is 23.2 Å². The third kappa shape index (κ3) is 4.32. The van der Waals surface area contributed by atoms with Gasteiger partial charge in [0.2, 0.25) is 0 Å². The number of anilines is 2. The van der Waals surface area contributed by atoms with E-state index in [2.05, 4.69) is 10.6 Å². The first-order valence-corrected chi connectivity index (χ1v) is 11.6. The fourth-order valence-electron chi connectivity index (χ4n) is 5.01. The Morgan fingerprint density at radius 2 is 1.94 bits per heavy atom. The summed E-state index contributed by atoms with van der Waals surface area (Å²) >= 11 is 0. The lowest BCUT2D eigenvalue weighted by molar-refractivity contribution is 0.0783. The maximum atomic E-state index is 14.2. The molecule has 0 atom stereocenters. The molecule has 3 aliphatic rings. The molecule has 0 bridgehead atoms. The Morgan fingerprint density at radius 1 is 1.18 bits per heavy atom. The van der Waals surface area contributed by atoms with Gasteiger partial charge in [0.1, 0.15) is 11.6 Å². The number of ether oxygens (including phenoxy) is 1. The zero-order chi connectivity index (χ0) is 23.9. The first-order chi connectivity index (χ1) is 16.4. The molecule has 7 nitrogen and oxygen atoms in total. The van der Waals surface area contributed by atoms with Crippen molar-refractivity contribution in [2.24, 2.45) is 0 Å². The number of fused-ring (bicyclic) bond motifs is 1. The van der Waals surface area contributed by atoms with Crippen LogP contribution in [0.3, 0.4) is 0 Å². The summed E-state index contributed by atoms with van der Waals surface area (Å²) in [7, 11) is 1.65. The van der Waals surface area contributed by atoms with Gasteiger partial charge in [0.05, 0.1) is 11.8 Å². The molecule has 2 N–H and O–H groups in total. The summed E-state index contributed by atoms with van der Waals surface area (Å²) in [6, 6.07) is 8.92. The fraction of sp³-hybridized carbons (Fsp3) is 0.440. The van der Waals surface area contributed by atoms with Gasteiger partial charge in [-0.2, -0.15) is 0 Å². The number of hydrogen-bond donors (Lipinski definition) is 2. The Kier molecular flexibility index (Phi) is 5.89. The predicted molar refractivity (Wildman–Crippen MR) is 124 cm³/mol. The van der Waals surface area contributed by atoms with Crippen molar-refractivity contribution in [1.29, 1.82) is 0 Å². The van der Waals surface area contributed by atoms with Crippen LogP contribution in [-0.2, 0) is 11.3 Å². The second-order valence-electron chi connectivity index (χ2n) is 9.39. The molecule has 0 aliphatic carbocycles. The number of hydrogen-bond acceptors (Lipinski definition) is 5. The molecule has 0 unspecified atom stereocenters. The molecule has 9 heteroatoms. The SMILES string of the molecule is COC1CN(c2cc(CNC(=O)N3CCC4(CC3)CC(=O)c3cc(F)ccc3N4)ccc2F)C1. The van der Waals surface area contributed by atoms with Gasteiger partial charge in [0, 0.05) is 63.0 Å². The highest BCUT2D eigenvalue weighted by Gasteiger charge is 2.41. The van der Waals surface area contributed by atoms with Gasteiger partial charge in [0.15, 0.2) is 5.78 Å². The van der Waals surface area contributed by atoms with Crippen molar-refractivity contribution in [3.05, 3.63) is 59.2 Å². The van der Waals surface area contributed by atoms with Crippen LogP contribution in [0, 0.1) is 11.6 Å². The van der Waals surface area contributed by atoms with E-state index in [1.54, 1.807) is 30.2 Å². The number of halogens is 2. The largest absolute Gasteiger partial charge is 0.378 e. The molecule has 3 heterocycles. The number of piperidine rings is 1. The number of methoxy groups -OCH3 is 1. The van der Waals surface area contributed by atoms with Crippen molar-refractivity contribution in [2.75, 3.05) is 43.5 Å². The number of rotatable bonds is 4. The van der Waals surface area contributed by atoms with Crippen LogP contribution in [0.25, 0.3) is 0 Å². The average Bonchev–Trinajstić information content (AvgIpc) is 2.79. The molecular formula is C25H28F2N4O3. The summed E-state index contributed by atoms with van der Waals surface area (Å²) in [5.74, 6) is -0.782. The van der Waals surface area contributed by atoms with Crippen molar-refractivity contribution < 1.29 is 23.1 Å². The van der Waals surface area contributed by atoms with Gasteiger partial charge in [-0.15, -0.1) is 0 Å². The minimum atomic E-state index is -0.423. The zero-order valence-corrected chi connectivity index (χ0v) is 19.1. The third-order valence-corrected chi connectivity index (χ3v) is 7.16. The van der Waals surface area contributed by atoms with E-state index in [1.165, 1.54) is 18.2 Å². The Hall–Kier alpha value is -3.20. The number of nitrogens with one attached hydrogen (secondary N) is 2. The van der Waals surface area contributed by atoms with Crippen LogP contribution in [0.4, 0.5) is 25.0 Å². The third-order valence-electron chi connectivity index (χ3n) is 7.16. The van der Waals surface area contributed by atoms with Gasteiger partial charge < -0.3 is 25.2 Å². The monoisotopic (exact) mass is 470 g/mol. The summed E-state index contributed by atoms with van der Waals surface area (Å²) < 4.78 is 33.0. The summed E-state index contributed by atoms with van der Waals surface area (Å²) in [6.07, 6.45) is 1.66. The molecule has 5 rings (SSSR count). The van der Waals surface area contributed by atoms with Crippen molar-refractivity contribution in [3.8, 4) is 0 Å². The molecule has 180 valence electrons. The van der Waals surface area contributed by atoms with Gasteiger partial charge in [-0.3, -0.25) is 4.79 Å². The number of amides is 2. The molecule has 0 aromatic heterocycles. The maximum absolute atomic E-state index is 14.2. The molecule has 2 fully saturated rings. The first-order valence-electron chi connectivity index (χ1n) is 11.6. The molecule has 0 saturated carbocycles. The fourth-order valence-corrected chi connectivity index (χ4v) is 5.01. The second kappa shape index (κ2) is 8.87. The Labute approximate surface area is 197 Å². The molecule has 3 aliphatic heterocycles. The lowest BCUT2D eigenvalue weighted by Gasteiger charge is -2.45. The zero-order valence-electron chi connectivity index (χ0n) is 19.1. The van der Waals surface area contributed by atoms with Crippen LogP contribution < -0.4 is 15.5 Å². The van der Waals surface area contributed by atoms with Crippen molar-refractivity contribution in [1.82, 2.24) is 10.2 Å². The minimum Gasteiger partial charge on any atom is -0.378 e. The molecule has 2 amide bonds.